The Morgan fingerprint density at radius 2 is 1.10 bits per heavy atom. The van der Waals surface area contributed by atoms with Gasteiger partial charge in [0.25, 0.3) is 0 Å². The van der Waals surface area contributed by atoms with Gasteiger partial charge in [0.15, 0.2) is 0 Å². The highest BCUT2D eigenvalue weighted by Gasteiger charge is 2.26. The molecular formula is C46H28N2OS. The van der Waals surface area contributed by atoms with E-state index in [9.17, 15) is 0 Å². The maximum absolute atomic E-state index is 6.50. The number of benzene rings is 8. The second-order valence-corrected chi connectivity index (χ2v) is 13.9. The Balaban J connectivity index is 1.33. The first kappa shape index (κ1) is 27.6. The molecule has 8 aromatic carbocycles. The SMILES string of the molecule is c1ccc(-n2c3ccccc3c3cccc(N(c4cccc5oc6ccccc6c45)c4cccc5sc6c7ccccc7ccc6c45)c32)cc1. The fourth-order valence-corrected chi connectivity index (χ4v) is 9.34. The monoisotopic (exact) mass is 656 g/mol. The number of fused-ring (bicyclic) bond motifs is 11. The number of rotatable bonds is 4. The molecule has 0 fully saturated rings. The third kappa shape index (κ3) is 3.85. The Kier molecular flexibility index (Phi) is 5.83. The summed E-state index contributed by atoms with van der Waals surface area (Å²) >= 11 is 1.88. The molecule has 0 radical (unpaired) electrons. The number of hydrogen-bond acceptors (Lipinski definition) is 3. The Labute approximate surface area is 291 Å². The summed E-state index contributed by atoms with van der Waals surface area (Å²) in [6, 6.07) is 61.2. The third-order valence-electron chi connectivity index (χ3n) is 10.2. The average Bonchev–Trinajstić information content (AvgIpc) is 3.86. The summed E-state index contributed by atoms with van der Waals surface area (Å²) in [6.07, 6.45) is 0. The minimum atomic E-state index is 0.873. The zero-order valence-electron chi connectivity index (χ0n) is 26.9. The van der Waals surface area contributed by atoms with E-state index in [0.717, 1.165) is 50.2 Å². The summed E-state index contributed by atoms with van der Waals surface area (Å²) in [4.78, 5) is 2.49. The predicted molar refractivity (Wildman–Crippen MR) is 213 cm³/mol. The van der Waals surface area contributed by atoms with Crippen molar-refractivity contribution in [1.29, 1.82) is 0 Å². The van der Waals surface area contributed by atoms with E-state index < -0.39 is 0 Å². The summed E-state index contributed by atoms with van der Waals surface area (Å²) in [5.74, 6) is 0. The quantitative estimate of drug-likeness (QED) is 0.188. The van der Waals surface area contributed by atoms with Crippen LogP contribution in [0.25, 0.3) is 80.4 Å². The van der Waals surface area contributed by atoms with E-state index in [1.54, 1.807) is 0 Å². The second-order valence-electron chi connectivity index (χ2n) is 12.9. The van der Waals surface area contributed by atoms with Crippen LogP contribution in [-0.2, 0) is 0 Å². The maximum Gasteiger partial charge on any atom is 0.137 e. The molecule has 11 aromatic rings. The first-order chi connectivity index (χ1) is 24.8. The van der Waals surface area contributed by atoms with Gasteiger partial charge in [-0.05, 0) is 65.4 Å². The minimum Gasteiger partial charge on any atom is -0.456 e. The molecule has 4 heteroatoms. The zero-order chi connectivity index (χ0) is 32.8. The van der Waals surface area contributed by atoms with Crippen molar-refractivity contribution in [2.75, 3.05) is 4.90 Å². The van der Waals surface area contributed by atoms with Crippen molar-refractivity contribution in [3.05, 3.63) is 170 Å². The van der Waals surface area contributed by atoms with Crippen LogP contribution in [0.5, 0.6) is 0 Å². The largest absolute Gasteiger partial charge is 0.456 e. The van der Waals surface area contributed by atoms with E-state index in [1.807, 2.05) is 17.4 Å². The van der Waals surface area contributed by atoms with Crippen LogP contribution in [0.1, 0.15) is 0 Å². The number of aromatic nitrogens is 1. The van der Waals surface area contributed by atoms with Gasteiger partial charge in [-0.1, -0.05) is 115 Å². The first-order valence-corrected chi connectivity index (χ1v) is 17.8. The highest BCUT2D eigenvalue weighted by Crippen LogP contribution is 2.51. The Morgan fingerprint density at radius 1 is 0.440 bits per heavy atom. The molecule has 0 aliphatic rings. The molecule has 3 nitrogen and oxygen atoms in total. The highest BCUT2D eigenvalue weighted by atomic mass is 32.1. The second kappa shape index (κ2) is 10.6. The van der Waals surface area contributed by atoms with E-state index in [2.05, 4.69) is 173 Å². The number of thiophene rings is 1. The average molecular weight is 657 g/mol. The predicted octanol–water partition coefficient (Wildman–Crippen LogP) is 13.7. The van der Waals surface area contributed by atoms with Gasteiger partial charge < -0.3 is 13.9 Å². The van der Waals surface area contributed by atoms with Gasteiger partial charge >= 0.3 is 0 Å². The first-order valence-electron chi connectivity index (χ1n) is 16.9. The number of anilines is 3. The molecule has 0 spiro atoms. The molecule has 0 unspecified atom stereocenters. The molecular weight excluding hydrogens is 629 g/mol. The van der Waals surface area contributed by atoms with Gasteiger partial charge in [0, 0.05) is 42.0 Å². The van der Waals surface area contributed by atoms with Crippen LogP contribution >= 0.6 is 11.3 Å². The molecule has 0 aliphatic carbocycles. The fourth-order valence-electron chi connectivity index (χ4n) is 8.08. The van der Waals surface area contributed by atoms with Crippen LogP contribution in [-0.4, -0.2) is 4.57 Å². The fraction of sp³-hybridized carbons (Fsp3) is 0. The summed E-state index contributed by atoms with van der Waals surface area (Å²) in [5.41, 5.74) is 8.55. The van der Waals surface area contributed by atoms with Crippen LogP contribution in [0.15, 0.2) is 174 Å². The van der Waals surface area contributed by atoms with E-state index in [0.29, 0.717) is 0 Å². The lowest BCUT2D eigenvalue weighted by molar-refractivity contribution is 0.669. The molecule has 0 bridgehead atoms. The number of hydrogen-bond donors (Lipinski definition) is 0. The van der Waals surface area contributed by atoms with Gasteiger partial charge in [-0.2, -0.15) is 0 Å². The van der Waals surface area contributed by atoms with Crippen LogP contribution in [0, 0.1) is 0 Å². The van der Waals surface area contributed by atoms with Gasteiger partial charge in [-0.25, -0.2) is 0 Å². The van der Waals surface area contributed by atoms with Crippen LogP contribution in [0.3, 0.4) is 0 Å². The molecule has 0 amide bonds. The van der Waals surface area contributed by atoms with Crippen molar-refractivity contribution in [2.45, 2.75) is 0 Å². The van der Waals surface area contributed by atoms with Crippen molar-refractivity contribution in [3.63, 3.8) is 0 Å². The van der Waals surface area contributed by atoms with Gasteiger partial charge in [-0.3, -0.25) is 0 Å². The Bertz CT molecular complexity index is 3110. The molecule has 0 saturated heterocycles. The Morgan fingerprint density at radius 3 is 2.00 bits per heavy atom. The van der Waals surface area contributed by atoms with E-state index in [4.69, 9.17) is 4.42 Å². The topological polar surface area (TPSA) is 21.3 Å². The molecule has 50 heavy (non-hydrogen) atoms. The molecule has 234 valence electrons. The van der Waals surface area contributed by atoms with Crippen molar-refractivity contribution in [2.24, 2.45) is 0 Å². The lowest BCUT2D eigenvalue weighted by atomic mass is 10.0. The molecule has 0 aliphatic heterocycles. The molecule has 0 atom stereocenters. The minimum absolute atomic E-state index is 0.873. The number of nitrogens with zero attached hydrogens (tertiary/aromatic N) is 2. The Hall–Kier alpha value is -6.36. The van der Waals surface area contributed by atoms with Gasteiger partial charge in [-0.15, -0.1) is 11.3 Å². The van der Waals surface area contributed by atoms with Crippen molar-refractivity contribution in [3.8, 4) is 5.69 Å². The number of furan rings is 1. The molecule has 0 saturated carbocycles. The van der Waals surface area contributed by atoms with Gasteiger partial charge in [0.2, 0.25) is 0 Å². The highest BCUT2D eigenvalue weighted by molar-refractivity contribution is 7.26. The van der Waals surface area contributed by atoms with Crippen molar-refractivity contribution in [1.82, 2.24) is 4.57 Å². The lowest BCUT2D eigenvalue weighted by Crippen LogP contribution is -2.12. The summed E-state index contributed by atoms with van der Waals surface area (Å²) in [5, 5.41) is 9.72. The summed E-state index contributed by atoms with van der Waals surface area (Å²) < 4.78 is 11.5. The summed E-state index contributed by atoms with van der Waals surface area (Å²) in [7, 11) is 0. The summed E-state index contributed by atoms with van der Waals surface area (Å²) in [6.45, 7) is 0. The molecule has 3 heterocycles. The van der Waals surface area contributed by atoms with Gasteiger partial charge in [0.1, 0.15) is 11.2 Å². The smallest absolute Gasteiger partial charge is 0.137 e. The zero-order valence-corrected chi connectivity index (χ0v) is 27.7. The van der Waals surface area contributed by atoms with Crippen LogP contribution < -0.4 is 4.90 Å². The van der Waals surface area contributed by atoms with Crippen LogP contribution in [0.4, 0.5) is 17.1 Å². The maximum atomic E-state index is 6.50. The normalized spacial score (nSPS) is 12.0. The van der Waals surface area contributed by atoms with Crippen molar-refractivity contribution < 1.29 is 4.42 Å². The third-order valence-corrected chi connectivity index (χ3v) is 11.4. The van der Waals surface area contributed by atoms with E-state index in [-0.39, 0.29) is 0 Å². The van der Waals surface area contributed by atoms with Crippen LogP contribution in [0.2, 0.25) is 0 Å². The van der Waals surface area contributed by atoms with E-state index in [1.165, 1.54) is 47.2 Å². The number of para-hydroxylation sites is 4. The molecule has 3 aromatic heterocycles. The standard InChI is InChI=1S/C46H28N2OS/c1-2-14-30(15-3-1)47-36-20-8-6-17-32(36)33-19-10-23-39(45(33)47)48(37-21-11-25-41-43(37)34-18-7-9-24-40(34)49-41)38-22-12-26-42-44(38)35-28-27-29-13-4-5-16-31(29)46(35)50-42/h1-28H. The molecule has 11 rings (SSSR count). The van der Waals surface area contributed by atoms with Gasteiger partial charge in [0.05, 0.1) is 33.5 Å². The molecule has 0 N–H and O–H groups in total. The lowest BCUT2D eigenvalue weighted by Gasteiger charge is -2.28. The van der Waals surface area contributed by atoms with E-state index >= 15 is 0 Å². The van der Waals surface area contributed by atoms with Crippen molar-refractivity contribution >= 4 is 103 Å².